The molecule has 1 saturated heterocycles. The van der Waals surface area contributed by atoms with E-state index >= 15 is 0 Å². The molecule has 2 atom stereocenters. The molecule has 1 fully saturated rings. The molecule has 2 bridgehead atoms. The third-order valence-corrected chi connectivity index (χ3v) is 7.29. The summed E-state index contributed by atoms with van der Waals surface area (Å²) in [7, 11) is 0. The Balaban J connectivity index is 1.40. The summed E-state index contributed by atoms with van der Waals surface area (Å²) in [4.78, 5) is 17.0. The maximum Gasteiger partial charge on any atom is 0.258 e. The molecule has 2 aliphatic heterocycles. The fourth-order valence-electron chi connectivity index (χ4n) is 5.16. The number of hydrogen-bond donors (Lipinski definition) is 0. The largest absolute Gasteiger partial charge is 0.311 e. The van der Waals surface area contributed by atoms with E-state index < -0.39 is 0 Å². The molecule has 0 N–H and O–H groups in total. The summed E-state index contributed by atoms with van der Waals surface area (Å²) >= 11 is 1.71. The zero-order valence-electron chi connectivity index (χ0n) is 17.6. The molecule has 3 aromatic rings. The standard InChI is InChI=1S/C26H25N3OS/c1-31-23-7-5-21(6-8-23)24-9-10-25-22-12-20(16-29(25)26(24)30)15-28(17-22)14-19-4-2-3-18(11-19)13-27/h2-11,20,22H,12,14-17H2,1H3/t20-,22+/m0/s1. The monoisotopic (exact) mass is 427 g/mol. The topological polar surface area (TPSA) is 49.0 Å². The van der Waals surface area contributed by atoms with Crippen molar-refractivity contribution in [2.24, 2.45) is 5.92 Å². The maximum absolute atomic E-state index is 13.4. The van der Waals surface area contributed by atoms with Crippen LogP contribution in [0.5, 0.6) is 0 Å². The lowest BCUT2D eigenvalue weighted by atomic mass is 9.82. The van der Waals surface area contributed by atoms with Gasteiger partial charge in [-0.05, 0) is 66.1 Å². The summed E-state index contributed by atoms with van der Waals surface area (Å²) < 4.78 is 2.03. The molecule has 0 amide bonds. The third kappa shape index (κ3) is 3.94. The second-order valence-electron chi connectivity index (χ2n) is 8.62. The Morgan fingerprint density at radius 3 is 2.68 bits per heavy atom. The molecule has 5 heteroatoms. The molecule has 4 nitrogen and oxygen atoms in total. The number of piperidine rings is 1. The van der Waals surface area contributed by atoms with Gasteiger partial charge in [-0.2, -0.15) is 5.26 Å². The van der Waals surface area contributed by atoms with Crippen molar-refractivity contribution in [3.63, 3.8) is 0 Å². The van der Waals surface area contributed by atoms with E-state index in [0.29, 0.717) is 17.4 Å². The van der Waals surface area contributed by atoms with Gasteiger partial charge in [0.25, 0.3) is 5.56 Å². The van der Waals surface area contributed by atoms with E-state index in [1.165, 1.54) is 16.2 Å². The molecule has 0 radical (unpaired) electrons. The zero-order valence-corrected chi connectivity index (χ0v) is 18.4. The predicted molar refractivity (Wildman–Crippen MR) is 125 cm³/mol. The average Bonchev–Trinajstić information content (AvgIpc) is 2.80. The van der Waals surface area contributed by atoms with Gasteiger partial charge in [-0.1, -0.05) is 24.3 Å². The van der Waals surface area contributed by atoms with Crippen LogP contribution in [0, 0.1) is 17.2 Å². The lowest BCUT2D eigenvalue weighted by molar-refractivity contribution is 0.114. The van der Waals surface area contributed by atoms with Gasteiger partial charge in [-0.15, -0.1) is 11.8 Å². The summed E-state index contributed by atoms with van der Waals surface area (Å²) in [6.45, 7) is 3.59. The van der Waals surface area contributed by atoms with Crippen LogP contribution in [0.25, 0.3) is 11.1 Å². The molecule has 156 valence electrons. The van der Waals surface area contributed by atoms with Crippen molar-refractivity contribution in [3.05, 3.63) is 87.8 Å². The smallest absolute Gasteiger partial charge is 0.258 e. The van der Waals surface area contributed by atoms with E-state index in [1.54, 1.807) is 11.8 Å². The van der Waals surface area contributed by atoms with Crippen LogP contribution >= 0.6 is 11.8 Å². The number of nitriles is 1. The van der Waals surface area contributed by atoms with Crippen molar-refractivity contribution in [2.45, 2.75) is 30.3 Å². The minimum atomic E-state index is 0.138. The van der Waals surface area contributed by atoms with E-state index in [-0.39, 0.29) is 5.56 Å². The number of rotatable bonds is 4. The van der Waals surface area contributed by atoms with Crippen molar-refractivity contribution < 1.29 is 0 Å². The van der Waals surface area contributed by atoms with Gasteiger partial charge in [0.15, 0.2) is 0 Å². The highest BCUT2D eigenvalue weighted by Crippen LogP contribution is 2.36. The maximum atomic E-state index is 13.4. The van der Waals surface area contributed by atoms with Gasteiger partial charge in [-0.3, -0.25) is 9.69 Å². The van der Waals surface area contributed by atoms with Crippen LogP contribution in [-0.2, 0) is 13.1 Å². The molecular formula is C26H25N3OS. The Hall–Kier alpha value is -2.81. The first-order valence-corrected chi connectivity index (χ1v) is 12.0. The van der Waals surface area contributed by atoms with Gasteiger partial charge in [0, 0.05) is 48.2 Å². The van der Waals surface area contributed by atoms with Crippen molar-refractivity contribution in [3.8, 4) is 17.2 Å². The number of fused-ring (bicyclic) bond motifs is 4. The second kappa shape index (κ2) is 8.37. The number of benzene rings is 2. The minimum Gasteiger partial charge on any atom is -0.311 e. The molecule has 2 aliphatic rings. The van der Waals surface area contributed by atoms with Crippen LogP contribution < -0.4 is 5.56 Å². The van der Waals surface area contributed by atoms with Gasteiger partial charge in [0.2, 0.25) is 0 Å². The van der Waals surface area contributed by atoms with Crippen molar-refractivity contribution in [2.75, 3.05) is 19.3 Å². The third-order valence-electron chi connectivity index (χ3n) is 6.54. The highest BCUT2D eigenvalue weighted by atomic mass is 32.2. The van der Waals surface area contributed by atoms with E-state index in [1.807, 2.05) is 28.8 Å². The van der Waals surface area contributed by atoms with Crippen LogP contribution in [0.15, 0.2) is 70.4 Å². The van der Waals surface area contributed by atoms with Crippen molar-refractivity contribution in [1.29, 1.82) is 5.26 Å². The Labute approximate surface area is 187 Å². The Kier molecular flexibility index (Phi) is 5.43. The van der Waals surface area contributed by atoms with Gasteiger partial charge in [-0.25, -0.2) is 0 Å². The predicted octanol–water partition coefficient (Wildman–Crippen LogP) is 4.73. The first-order valence-electron chi connectivity index (χ1n) is 10.7. The lowest BCUT2D eigenvalue weighted by Gasteiger charge is -2.43. The summed E-state index contributed by atoms with van der Waals surface area (Å²) in [6, 6.07) is 22.6. The molecule has 1 aromatic heterocycles. The SMILES string of the molecule is CSc1ccc(-c2ccc3n(c2=O)C[C@H]2C[C@@H]3CN(Cc3cccc(C#N)c3)C2)cc1. The Bertz CT molecular complexity index is 1210. The Morgan fingerprint density at radius 1 is 1.06 bits per heavy atom. The molecule has 3 heterocycles. The summed E-state index contributed by atoms with van der Waals surface area (Å²) in [5.74, 6) is 0.865. The molecule has 0 spiro atoms. The van der Waals surface area contributed by atoms with Crippen LogP contribution in [0.3, 0.4) is 0 Å². The van der Waals surface area contributed by atoms with Gasteiger partial charge in [0.05, 0.1) is 11.6 Å². The molecule has 31 heavy (non-hydrogen) atoms. The fraction of sp³-hybridized carbons (Fsp3) is 0.308. The molecule has 5 rings (SSSR count). The average molecular weight is 428 g/mol. The van der Waals surface area contributed by atoms with Gasteiger partial charge >= 0.3 is 0 Å². The van der Waals surface area contributed by atoms with Crippen LogP contribution in [0.4, 0.5) is 0 Å². The molecule has 0 aliphatic carbocycles. The summed E-state index contributed by atoms with van der Waals surface area (Å²) in [6.07, 6.45) is 3.21. The van der Waals surface area contributed by atoms with Crippen LogP contribution in [0.2, 0.25) is 0 Å². The number of aromatic nitrogens is 1. The number of thioether (sulfide) groups is 1. The minimum absolute atomic E-state index is 0.138. The normalized spacial score (nSPS) is 20.1. The first kappa shape index (κ1) is 20.1. The number of pyridine rings is 1. The number of nitrogens with zero attached hydrogens (tertiary/aromatic N) is 3. The zero-order chi connectivity index (χ0) is 21.4. The fourth-order valence-corrected chi connectivity index (χ4v) is 5.57. The van der Waals surface area contributed by atoms with Gasteiger partial charge < -0.3 is 4.57 Å². The van der Waals surface area contributed by atoms with E-state index in [0.717, 1.165) is 43.7 Å². The summed E-state index contributed by atoms with van der Waals surface area (Å²) in [5, 5.41) is 9.17. The van der Waals surface area contributed by atoms with E-state index in [9.17, 15) is 4.79 Å². The molecule has 2 aromatic carbocycles. The first-order chi connectivity index (χ1) is 15.1. The highest BCUT2D eigenvalue weighted by Gasteiger charge is 2.35. The van der Waals surface area contributed by atoms with Crippen LogP contribution in [0.1, 0.15) is 29.2 Å². The molecule has 0 saturated carbocycles. The van der Waals surface area contributed by atoms with Crippen LogP contribution in [-0.4, -0.2) is 28.8 Å². The van der Waals surface area contributed by atoms with Crippen molar-refractivity contribution >= 4 is 11.8 Å². The number of hydrogen-bond acceptors (Lipinski definition) is 4. The van der Waals surface area contributed by atoms with E-state index in [2.05, 4.69) is 53.6 Å². The lowest BCUT2D eigenvalue weighted by Crippen LogP contribution is -2.46. The summed E-state index contributed by atoms with van der Waals surface area (Å²) in [5.41, 5.74) is 4.99. The number of likely N-dealkylation sites (tertiary alicyclic amines) is 1. The highest BCUT2D eigenvalue weighted by molar-refractivity contribution is 7.98. The quantitative estimate of drug-likeness (QED) is 0.565. The molecule has 0 unspecified atom stereocenters. The van der Waals surface area contributed by atoms with E-state index in [4.69, 9.17) is 5.26 Å². The van der Waals surface area contributed by atoms with Crippen molar-refractivity contribution in [1.82, 2.24) is 9.47 Å². The Morgan fingerprint density at radius 2 is 1.90 bits per heavy atom. The van der Waals surface area contributed by atoms with Gasteiger partial charge in [0.1, 0.15) is 0 Å². The molecular weight excluding hydrogens is 402 g/mol. The second-order valence-corrected chi connectivity index (χ2v) is 9.50.